The van der Waals surface area contributed by atoms with Crippen LogP contribution in [0.2, 0.25) is 0 Å². The van der Waals surface area contributed by atoms with Gasteiger partial charge in [-0.05, 0) is 30.2 Å². The van der Waals surface area contributed by atoms with Crippen molar-refractivity contribution in [3.8, 4) is 0 Å². The number of carbonyl (C=O) groups excluding carboxylic acids is 1. The van der Waals surface area contributed by atoms with Crippen molar-refractivity contribution in [2.45, 2.75) is 6.92 Å². The first-order valence-electron chi connectivity index (χ1n) is 7.54. The fourth-order valence-corrected chi connectivity index (χ4v) is 3.18. The van der Waals surface area contributed by atoms with Crippen molar-refractivity contribution >= 4 is 34.3 Å². The summed E-state index contributed by atoms with van der Waals surface area (Å²) in [4.78, 5) is 14.6. The summed E-state index contributed by atoms with van der Waals surface area (Å²) in [7, 11) is 0. The third-order valence-corrected chi connectivity index (χ3v) is 4.96. The Morgan fingerprint density at radius 3 is 2.73 bits per heavy atom. The number of hydrogen-bond acceptors (Lipinski definition) is 3. The molecule has 0 saturated carbocycles. The molecule has 0 atom stereocenters. The van der Waals surface area contributed by atoms with Gasteiger partial charge in [-0.1, -0.05) is 23.8 Å². The van der Waals surface area contributed by atoms with Gasteiger partial charge in [-0.25, -0.2) is 3.11 Å². The van der Waals surface area contributed by atoms with Crippen LogP contribution in [0.5, 0.6) is 0 Å². The Kier molecular flexibility index (Phi) is 4.83. The lowest BCUT2D eigenvalue weighted by Gasteiger charge is -2.31. The average Bonchev–Trinajstić information content (AvgIpc) is 2.55. The molecule has 22 heavy (non-hydrogen) atoms. The summed E-state index contributed by atoms with van der Waals surface area (Å²) in [5.41, 5.74) is 4.30. The second-order valence-electron chi connectivity index (χ2n) is 5.75. The average molecular weight is 409 g/mol. The Morgan fingerprint density at radius 2 is 2.00 bits per heavy atom. The molecule has 1 aromatic rings. The summed E-state index contributed by atoms with van der Waals surface area (Å²) in [5, 5.41) is 3.27. The topological polar surface area (TPSA) is 35.6 Å². The van der Waals surface area contributed by atoms with Crippen LogP contribution in [0, 0.1) is 0 Å². The Hall–Kier alpha value is -1.34. The molecule has 2 aliphatic heterocycles. The number of carbonyl (C=O) groups is 1. The Balaban J connectivity index is 1.79. The molecule has 1 N–H and O–H groups in total. The monoisotopic (exact) mass is 409 g/mol. The number of piperazine rings is 1. The van der Waals surface area contributed by atoms with Gasteiger partial charge < -0.3 is 10.2 Å². The third-order valence-electron chi connectivity index (χ3n) is 4.00. The number of allylic oxidation sites excluding steroid dienone is 2. The molecule has 2 heterocycles. The molecule has 1 fully saturated rings. The number of halogens is 1. The summed E-state index contributed by atoms with van der Waals surface area (Å²) < 4.78 is 2.23. The van der Waals surface area contributed by atoms with Gasteiger partial charge >= 0.3 is 0 Å². The van der Waals surface area contributed by atoms with Gasteiger partial charge in [0.05, 0.1) is 0 Å². The van der Waals surface area contributed by atoms with Gasteiger partial charge in [0.25, 0.3) is 5.91 Å². The molecule has 0 radical (unpaired) electrons. The maximum Gasteiger partial charge on any atom is 0.253 e. The van der Waals surface area contributed by atoms with Gasteiger partial charge in [-0.15, -0.1) is 0 Å². The van der Waals surface area contributed by atoms with Gasteiger partial charge in [0, 0.05) is 67.4 Å². The predicted octanol–water partition coefficient (Wildman–Crippen LogP) is 2.68. The van der Waals surface area contributed by atoms with Crippen LogP contribution in [0.1, 0.15) is 22.8 Å². The van der Waals surface area contributed by atoms with E-state index in [0.717, 1.165) is 49.4 Å². The highest BCUT2D eigenvalue weighted by atomic mass is 127. The van der Waals surface area contributed by atoms with Crippen molar-refractivity contribution in [1.29, 1.82) is 0 Å². The molecular weight excluding hydrogens is 389 g/mol. The highest BCUT2D eigenvalue weighted by molar-refractivity contribution is 14.1. The number of nitrogens with zero attached hydrogens (tertiary/aromatic N) is 2. The summed E-state index contributed by atoms with van der Waals surface area (Å²) >= 11 is 2.32. The minimum absolute atomic E-state index is 0.136. The van der Waals surface area contributed by atoms with E-state index in [1.165, 1.54) is 5.57 Å². The van der Waals surface area contributed by atoms with E-state index in [2.05, 4.69) is 50.4 Å². The summed E-state index contributed by atoms with van der Waals surface area (Å²) in [6, 6.07) is 7.94. The zero-order chi connectivity index (χ0) is 15.5. The van der Waals surface area contributed by atoms with Crippen LogP contribution in [0.4, 0.5) is 0 Å². The molecule has 1 saturated heterocycles. The number of hydrogen-bond donors (Lipinski definition) is 1. The normalized spacial score (nSPS) is 19.3. The minimum Gasteiger partial charge on any atom is -0.387 e. The lowest BCUT2D eigenvalue weighted by atomic mass is 10.00. The van der Waals surface area contributed by atoms with E-state index in [1.54, 1.807) is 0 Å². The molecule has 1 aromatic carbocycles. The summed E-state index contributed by atoms with van der Waals surface area (Å²) in [6.45, 7) is 6.47. The Bertz CT molecular complexity index is 631. The molecular formula is C17H20IN3O. The van der Waals surface area contributed by atoms with E-state index in [9.17, 15) is 4.79 Å². The van der Waals surface area contributed by atoms with E-state index in [1.807, 2.05) is 29.3 Å². The van der Waals surface area contributed by atoms with Crippen molar-refractivity contribution in [2.75, 3.05) is 32.7 Å². The van der Waals surface area contributed by atoms with E-state index < -0.39 is 0 Å². The molecule has 0 aromatic heterocycles. The van der Waals surface area contributed by atoms with Crippen molar-refractivity contribution in [2.24, 2.45) is 0 Å². The van der Waals surface area contributed by atoms with Gasteiger partial charge in [0.15, 0.2) is 0 Å². The zero-order valence-corrected chi connectivity index (χ0v) is 14.8. The molecule has 0 spiro atoms. The zero-order valence-electron chi connectivity index (χ0n) is 12.7. The maximum absolute atomic E-state index is 12.7. The lowest BCUT2D eigenvalue weighted by molar-refractivity contribution is 0.0711. The lowest BCUT2D eigenvalue weighted by Crippen LogP contribution is -2.45. The molecule has 0 aliphatic carbocycles. The Labute approximate surface area is 145 Å². The molecule has 3 rings (SSSR count). The van der Waals surface area contributed by atoms with Crippen LogP contribution < -0.4 is 5.32 Å². The van der Waals surface area contributed by atoms with Crippen molar-refractivity contribution in [1.82, 2.24) is 13.3 Å². The van der Waals surface area contributed by atoms with Crippen molar-refractivity contribution < 1.29 is 4.79 Å². The van der Waals surface area contributed by atoms with Gasteiger partial charge in [-0.3, -0.25) is 4.79 Å². The van der Waals surface area contributed by atoms with Gasteiger partial charge in [-0.2, -0.15) is 0 Å². The highest BCUT2D eigenvalue weighted by Crippen LogP contribution is 2.21. The Morgan fingerprint density at radius 1 is 1.23 bits per heavy atom. The van der Waals surface area contributed by atoms with Crippen LogP contribution in [0.3, 0.4) is 0 Å². The largest absolute Gasteiger partial charge is 0.387 e. The molecule has 5 heteroatoms. The van der Waals surface area contributed by atoms with E-state index in [4.69, 9.17) is 0 Å². The standard InChI is InChI=1S/C17H20IN3O/c1-13-9-16(12-19-11-13)14-3-2-4-15(10-14)17(22)20-5-7-21(18)8-6-20/h2-4,9-10,12,19H,5-8,11H2,1H3. The van der Waals surface area contributed by atoms with Gasteiger partial charge in [0.2, 0.25) is 0 Å². The van der Waals surface area contributed by atoms with E-state index in [0.29, 0.717) is 0 Å². The van der Waals surface area contributed by atoms with Crippen LogP contribution in [-0.2, 0) is 0 Å². The third kappa shape index (κ3) is 3.52. The number of amides is 1. The summed E-state index contributed by atoms with van der Waals surface area (Å²) in [5.74, 6) is 0.136. The maximum atomic E-state index is 12.7. The second-order valence-corrected chi connectivity index (χ2v) is 7.12. The fraction of sp³-hybridized carbons (Fsp3) is 0.353. The van der Waals surface area contributed by atoms with Crippen LogP contribution >= 0.6 is 22.9 Å². The second kappa shape index (κ2) is 6.83. The first kappa shape index (κ1) is 15.6. The van der Waals surface area contributed by atoms with E-state index in [-0.39, 0.29) is 5.91 Å². The van der Waals surface area contributed by atoms with Crippen molar-refractivity contribution in [3.05, 3.63) is 53.2 Å². The smallest absolute Gasteiger partial charge is 0.253 e. The molecule has 116 valence electrons. The first-order chi connectivity index (χ1) is 10.6. The van der Waals surface area contributed by atoms with Crippen molar-refractivity contribution in [3.63, 3.8) is 0 Å². The first-order valence-corrected chi connectivity index (χ1v) is 8.51. The number of dihydropyridines is 1. The van der Waals surface area contributed by atoms with E-state index >= 15 is 0 Å². The number of benzene rings is 1. The molecule has 1 amide bonds. The number of rotatable bonds is 2. The predicted molar refractivity (Wildman–Crippen MR) is 97.7 cm³/mol. The minimum atomic E-state index is 0.136. The molecule has 2 aliphatic rings. The van der Waals surface area contributed by atoms with Crippen LogP contribution in [0.15, 0.2) is 42.1 Å². The molecule has 4 nitrogen and oxygen atoms in total. The van der Waals surface area contributed by atoms with Gasteiger partial charge in [0.1, 0.15) is 0 Å². The SMILES string of the molecule is CC1=CC(c2cccc(C(=O)N3CCN(I)CC3)c2)=CNC1. The summed E-state index contributed by atoms with van der Waals surface area (Å²) in [6.07, 6.45) is 4.19. The van der Waals surface area contributed by atoms with Crippen LogP contribution in [-0.4, -0.2) is 46.6 Å². The molecule has 0 bridgehead atoms. The number of nitrogens with one attached hydrogen (secondary N) is 1. The fourth-order valence-electron chi connectivity index (χ4n) is 2.75. The quantitative estimate of drug-likeness (QED) is 0.603. The highest BCUT2D eigenvalue weighted by Gasteiger charge is 2.21. The van der Waals surface area contributed by atoms with Crippen LogP contribution in [0.25, 0.3) is 5.57 Å². The molecule has 0 unspecified atom stereocenters.